The summed E-state index contributed by atoms with van der Waals surface area (Å²) in [5.41, 5.74) is 5.08. The number of ether oxygens (including phenoxy) is 1. The van der Waals surface area contributed by atoms with Crippen LogP contribution in [0.15, 0.2) is 59.7 Å². The van der Waals surface area contributed by atoms with Crippen LogP contribution in [0.3, 0.4) is 0 Å². The molecule has 1 amide bonds. The van der Waals surface area contributed by atoms with Crippen LogP contribution in [0.5, 0.6) is 5.75 Å². The van der Waals surface area contributed by atoms with Gasteiger partial charge in [0.15, 0.2) is 0 Å². The lowest BCUT2D eigenvalue weighted by molar-refractivity contribution is 0.0950. The Labute approximate surface area is 149 Å². The maximum absolute atomic E-state index is 12.1. The van der Waals surface area contributed by atoms with Crippen molar-refractivity contribution >= 4 is 23.7 Å². The summed E-state index contributed by atoms with van der Waals surface area (Å²) < 4.78 is 5.12. The van der Waals surface area contributed by atoms with Crippen molar-refractivity contribution in [3.8, 4) is 17.0 Å². The Morgan fingerprint density at radius 2 is 2.04 bits per heavy atom. The number of benzene rings is 2. The van der Waals surface area contributed by atoms with Gasteiger partial charge in [-0.15, -0.1) is 0 Å². The topological polar surface area (TPSA) is 79.4 Å². The van der Waals surface area contributed by atoms with E-state index in [0.29, 0.717) is 16.4 Å². The molecule has 0 saturated carbocycles. The quantitative estimate of drug-likeness (QED) is 0.543. The fourth-order valence-corrected chi connectivity index (χ4v) is 2.36. The second kappa shape index (κ2) is 7.63. The minimum absolute atomic E-state index is 0.314. The van der Waals surface area contributed by atoms with Gasteiger partial charge >= 0.3 is 0 Å². The number of nitrogens with one attached hydrogen (secondary N) is 2. The molecule has 0 fully saturated rings. The summed E-state index contributed by atoms with van der Waals surface area (Å²) in [5, 5.41) is 11.4. The lowest BCUT2D eigenvalue weighted by Crippen LogP contribution is -2.17. The van der Waals surface area contributed by atoms with E-state index in [2.05, 4.69) is 20.7 Å². The number of aromatic amines is 1. The van der Waals surface area contributed by atoms with Gasteiger partial charge in [0.25, 0.3) is 5.91 Å². The van der Waals surface area contributed by atoms with Gasteiger partial charge in [0.05, 0.1) is 19.0 Å². The third-order valence-electron chi connectivity index (χ3n) is 3.44. The van der Waals surface area contributed by atoms with Crippen molar-refractivity contribution in [3.63, 3.8) is 0 Å². The highest BCUT2D eigenvalue weighted by molar-refractivity contribution is 6.30. The summed E-state index contributed by atoms with van der Waals surface area (Å²) in [4.78, 5) is 12.1. The van der Waals surface area contributed by atoms with Crippen LogP contribution < -0.4 is 10.2 Å². The van der Waals surface area contributed by atoms with Gasteiger partial charge in [0.1, 0.15) is 11.4 Å². The maximum Gasteiger partial charge on any atom is 0.289 e. The van der Waals surface area contributed by atoms with E-state index in [1.54, 1.807) is 25.3 Å². The molecule has 3 aromatic rings. The number of hydrogen-bond donors (Lipinski definition) is 2. The molecule has 1 aromatic heterocycles. The number of hydrazone groups is 1. The Morgan fingerprint density at radius 3 is 2.76 bits per heavy atom. The van der Waals surface area contributed by atoms with E-state index in [0.717, 1.165) is 16.9 Å². The first kappa shape index (κ1) is 16.7. The third kappa shape index (κ3) is 4.24. The van der Waals surface area contributed by atoms with Crippen LogP contribution >= 0.6 is 11.6 Å². The van der Waals surface area contributed by atoms with E-state index in [-0.39, 0.29) is 5.91 Å². The van der Waals surface area contributed by atoms with Crippen LogP contribution in [-0.2, 0) is 0 Å². The second-order valence-corrected chi connectivity index (χ2v) is 5.59. The van der Waals surface area contributed by atoms with E-state index in [9.17, 15) is 4.79 Å². The maximum atomic E-state index is 12.1. The molecule has 0 unspecified atom stereocenters. The number of rotatable bonds is 5. The number of hydrogen-bond acceptors (Lipinski definition) is 4. The summed E-state index contributed by atoms with van der Waals surface area (Å²) in [6.07, 6.45) is 1.52. The number of halogens is 1. The van der Waals surface area contributed by atoms with Gasteiger partial charge in [0, 0.05) is 10.6 Å². The zero-order valence-electron chi connectivity index (χ0n) is 13.4. The number of carbonyl (C=O) groups excluding carboxylic acids is 1. The standard InChI is InChI=1S/C18H15ClN4O2/c1-25-15-7-5-13(6-8-15)16-10-17(22-21-16)18(24)23-20-11-12-3-2-4-14(19)9-12/h2-11H,1H3,(H,21,22)(H,23,24)/b20-11-. The molecule has 0 aliphatic rings. The van der Waals surface area contributed by atoms with Crippen molar-refractivity contribution in [2.24, 2.45) is 5.10 Å². The van der Waals surface area contributed by atoms with E-state index < -0.39 is 0 Å². The number of carbonyl (C=O) groups is 1. The lowest BCUT2D eigenvalue weighted by Gasteiger charge is -2.00. The Morgan fingerprint density at radius 1 is 1.24 bits per heavy atom. The van der Waals surface area contributed by atoms with Crippen molar-refractivity contribution in [1.29, 1.82) is 0 Å². The number of nitrogens with zero attached hydrogens (tertiary/aromatic N) is 2. The molecular weight excluding hydrogens is 340 g/mol. The average molecular weight is 355 g/mol. The van der Waals surface area contributed by atoms with Crippen LogP contribution in [0, 0.1) is 0 Å². The van der Waals surface area contributed by atoms with Crippen molar-refractivity contribution in [1.82, 2.24) is 15.6 Å². The van der Waals surface area contributed by atoms with E-state index in [1.807, 2.05) is 36.4 Å². The Kier molecular flexibility index (Phi) is 5.11. The van der Waals surface area contributed by atoms with Crippen molar-refractivity contribution in [2.75, 3.05) is 7.11 Å². The van der Waals surface area contributed by atoms with E-state index in [1.165, 1.54) is 6.21 Å². The van der Waals surface area contributed by atoms with Crippen molar-refractivity contribution in [2.45, 2.75) is 0 Å². The molecule has 6 nitrogen and oxygen atoms in total. The molecule has 3 rings (SSSR count). The van der Waals surface area contributed by atoms with Gasteiger partial charge in [-0.05, 0) is 48.0 Å². The first-order chi connectivity index (χ1) is 12.2. The SMILES string of the molecule is COc1ccc(-c2cc(C(=O)N/N=C\c3cccc(Cl)c3)[nH]n2)cc1. The fraction of sp³-hybridized carbons (Fsp3) is 0.0556. The largest absolute Gasteiger partial charge is 0.497 e. The predicted octanol–water partition coefficient (Wildman–Crippen LogP) is 3.50. The van der Waals surface area contributed by atoms with Crippen molar-refractivity contribution in [3.05, 3.63) is 70.9 Å². The zero-order valence-corrected chi connectivity index (χ0v) is 14.1. The van der Waals surface area contributed by atoms with Crippen LogP contribution in [0.1, 0.15) is 16.1 Å². The number of amides is 1. The minimum Gasteiger partial charge on any atom is -0.497 e. The molecule has 2 N–H and O–H groups in total. The van der Waals surface area contributed by atoms with Gasteiger partial charge in [-0.3, -0.25) is 9.89 Å². The summed E-state index contributed by atoms with van der Waals surface area (Å²) in [6.45, 7) is 0. The molecule has 0 bridgehead atoms. The molecule has 0 atom stereocenters. The Hall–Kier alpha value is -3.12. The first-order valence-corrected chi connectivity index (χ1v) is 7.82. The summed E-state index contributed by atoms with van der Waals surface area (Å²) >= 11 is 5.89. The second-order valence-electron chi connectivity index (χ2n) is 5.15. The molecule has 0 aliphatic carbocycles. The highest BCUT2D eigenvalue weighted by Gasteiger charge is 2.10. The summed E-state index contributed by atoms with van der Waals surface area (Å²) in [5.74, 6) is 0.373. The molecule has 25 heavy (non-hydrogen) atoms. The number of H-pyrrole nitrogens is 1. The third-order valence-corrected chi connectivity index (χ3v) is 3.67. The molecule has 2 aromatic carbocycles. The van der Waals surface area contributed by atoms with Crippen LogP contribution in [-0.4, -0.2) is 29.4 Å². The molecule has 0 aliphatic heterocycles. The number of aromatic nitrogens is 2. The normalized spacial score (nSPS) is 10.8. The van der Waals surface area contributed by atoms with E-state index in [4.69, 9.17) is 16.3 Å². The molecule has 0 radical (unpaired) electrons. The monoisotopic (exact) mass is 354 g/mol. The van der Waals surface area contributed by atoms with Crippen LogP contribution in [0.2, 0.25) is 5.02 Å². The smallest absolute Gasteiger partial charge is 0.289 e. The molecule has 7 heteroatoms. The fourth-order valence-electron chi connectivity index (χ4n) is 2.16. The molecule has 0 spiro atoms. The zero-order chi connectivity index (χ0) is 17.6. The molecule has 126 valence electrons. The van der Waals surface area contributed by atoms with Gasteiger partial charge in [-0.2, -0.15) is 10.2 Å². The van der Waals surface area contributed by atoms with Gasteiger partial charge < -0.3 is 4.74 Å². The molecule has 1 heterocycles. The van der Waals surface area contributed by atoms with Gasteiger partial charge in [0.2, 0.25) is 0 Å². The lowest BCUT2D eigenvalue weighted by atomic mass is 10.1. The Bertz CT molecular complexity index is 903. The summed E-state index contributed by atoms with van der Waals surface area (Å²) in [6, 6.07) is 16.2. The van der Waals surface area contributed by atoms with Crippen LogP contribution in [0.4, 0.5) is 0 Å². The van der Waals surface area contributed by atoms with Crippen LogP contribution in [0.25, 0.3) is 11.3 Å². The molecular formula is C18H15ClN4O2. The number of methoxy groups -OCH3 is 1. The average Bonchev–Trinajstić information content (AvgIpc) is 3.12. The van der Waals surface area contributed by atoms with Crippen molar-refractivity contribution < 1.29 is 9.53 Å². The highest BCUT2D eigenvalue weighted by Crippen LogP contribution is 2.21. The van der Waals surface area contributed by atoms with E-state index >= 15 is 0 Å². The molecule has 0 saturated heterocycles. The summed E-state index contributed by atoms with van der Waals surface area (Å²) in [7, 11) is 1.61. The first-order valence-electron chi connectivity index (χ1n) is 7.44. The minimum atomic E-state index is -0.384. The Balaban J connectivity index is 1.66. The predicted molar refractivity (Wildman–Crippen MR) is 97.1 cm³/mol. The highest BCUT2D eigenvalue weighted by atomic mass is 35.5. The van der Waals surface area contributed by atoms with Gasteiger partial charge in [-0.25, -0.2) is 5.43 Å². The van der Waals surface area contributed by atoms with Gasteiger partial charge in [-0.1, -0.05) is 23.7 Å².